The fourth-order valence-corrected chi connectivity index (χ4v) is 2.70. The molecule has 0 bridgehead atoms. The number of carbonyl (C=O) groups is 1. The van der Waals surface area contributed by atoms with Crippen LogP contribution in [0.1, 0.15) is 11.3 Å². The lowest BCUT2D eigenvalue weighted by Crippen LogP contribution is -2.20. The number of para-hydroxylation sites is 2. The number of nitrogens with zero attached hydrogens (tertiary/aromatic N) is 1. The first-order valence-electron chi connectivity index (χ1n) is 8.14. The second-order valence-electron chi connectivity index (χ2n) is 5.84. The summed E-state index contributed by atoms with van der Waals surface area (Å²) in [4.78, 5) is 27.0. The molecule has 0 radical (unpaired) electrons. The first-order chi connectivity index (χ1) is 12.9. The van der Waals surface area contributed by atoms with Gasteiger partial charge in [0.15, 0.2) is 0 Å². The zero-order valence-corrected chi connectivity index (χ0v) is 14.4. The molecule has 0 atom stereocenters. The molecule has 3 aromatic rings. The number of aromatic amines is 1. The van der Waals surface area contributed by atoms with Gasteiger partial charge in [-0.05, 0) is 36.8 Å². The molecule has 0 aliphatic heterocycles. The standard InChI is InChI=1S/C19H17F2N3O3/c1-12-11-22-19(26)24(12)16-5-3-2-4-15(16)23-17(25)10-13-6-8-14(9-7-13)27-18(20)21/h2-9,11,18H,10H2,1H3,(H,22,26)(H,23,25). The van der Waals surface area contributed by atoms with Crippen molar-refractivity contribution in [2.24, 2.45) is 0 Å². The van der Waals surface area contributed by atoms with E-state index in [1.807, 2.05) is 0 Å². The lowest BCUT2D eigenvalue weighted by molar-refractivity contribution is -0.115. The lowest BCUT2D eigenvalue weighted by atomic mass is 10.1. The molecule has 3 rings (SSSR count). The summed E-state index contributed by atoms with van der Waals surface area (Å²) in [7, 11) is 0. The minimum atomic E-state index is -2.89. The van der Waals surface area contributed by atoms with Gasteiger partial charge in [0.25, 0.3) is 0 Å². The van der Waals surface area contributed by atoms with Crippen molar-refractivity contribution in [1.29, 1.82) is 0 Å². The van der Waals surface area contributed by atoms with Gasteiger partial charge in [-0.15, -0.1) is 0 Å². The summed E-state index contributed by atoms with van der Waals surface area (Å²) in [5.74, 6) is -0.270. The van der Waals surface area contributed by atoms with Gasteiger partial charge in [-0.1, -0.05) is 24.3 Å². The van der Waals surface area contributed by atoms with Gasteiger partial charge < -0.3 is 15.0 Å². The molecule has 0 saturated carbocycles. The Morgan fingerprint density at radius 1 is 1.19 bits per heavy atom. The van der Waals surface area contributed by atoms with E-state index < -0.39 is 6.61 Å². The number of aryl methyl sites for hydroxylation is 1. The van der Waals surface area contributed by atoms with Crippen LogP contribution in [0.5, 0.6) is 5.75 Å². The van der Waals surface area contributed by atoms with Gasteiger partial charge in [-0.2, -0.15) is 8.78 Å². The number of H-pyrrole nitrogens is 1. The number of carbonyl (C=O) groups excluding carboxylic acids is 1. The Balaban J connectivity index is 1.75. The first kappa shape index (κ1) is 18.4. The van der Waals surface area contributed by atoms with Crippen molar-refractivity contribution >= 4 is 11.6 Å². The molecule has 0 fully saturated rings. The maximum atomic E-state index is 12.4. The highest BCUT2D eigenvalue weighted by atomic mass is 19.3. The quantitative estimate of drug-likeness (QED) is 0.696. The van der Waals surface area contributed by atoms with Gasteiger partial charge in [-0.25, -0.2) is 4.79 Å². The van der Waals surface area contributed by atoms with Crippen LogP contribution in [0.15, 0.2) is 59.5 Å². The summed E-state index contributed by atoms with van der Waals surface area (Å²) in [5, 5.41) is 2.78. The molecule has 27 heavy (non-hydrogen) atoms. The SMILES string of the molecule is Cc1c[nH]c(=O)n1-c1ccccc1NC(=O)Cc1ccc(OC(F)F)cc1. The number of aromatic nitrogens is 2. The molecule has 0 saturated heterocycles. The van der Waals surface area contributed by atoms with Crippen molar-refractivity contribution in [3.8, 4) is 11.4 Å². The van der Waals surface area contributed by atoms with Gasteiger partial charge in [0, 0.05) is 11.9 Å². The van der Waals surface area contributed by atoms with E-state index in [1.54, 1.807) is 49.5 Å². The summed E-state index contributed by atoms with van der Waals surface area (Å²) in [6.45, 7) is -1.12. The molecule has 8 heteroatoms. The molecular formula is C19H17F2N3O3. The average Bonchev–Trinajstić information content (AvgIpc) is 2.95. The van der Waals surface area contributed by atoms with E-state index in [9.17, 15) is 18.4 Å². The zero-order chi connectivity index (χ0) is 19.4. The largest absolute Gasteiger partial charge is 0.435 e. The van der Waals surface area contributed by atoms with E-state index >= 15 is 0 Å². The smallest absolute Gasteiger partial charge is 0.387 e. The maximum Gasteiger partial charge on any atom is 0.387 e. The highest BCUT2D eigenvalue weighted by molar-refractivity contribution is 5.94. The Labute approximate surface area is 153 Å². The fourth-order valence-electron chi connectivity index (χ4n) is 2.70. The van der Waals surface area contributed by atoms with E-state index in [4.69, 9.17) is 0 Å². The molecule has 2 aromatic carbocycles. The number of hydrogen-bond acceptors (Lipinski definition) is 3. The average molecular weight is 373 g/mol. The van der Waals surface area contributed by atoms with Crippen LogP contribution in [0.25, 0.3) is 5.69 Å². The summed E-state index contributed by atoms with van der Waals surface area (Å²) in [6.07, 6.45) is 1.63. The number of rotatable bonds is 6. The lowest BCUT2D eigenvalue weighted by Gasteiger charge is -2.12. The molecule has 6 nitrogen and oxygen atoms in total. The molecule has 1 heterocycles. The third-order valence-electron chi connectivity index (χ3n) is 3.89. The van der Waals surface area contributed by atoms with Crippen LogP contribution >= 0.6 is 0 Å². The summed E-state index contributed by atoms with van der Waals surface area (Å²) >= 11 is 0. The molecule has 0 spiro atoms. The number of hydrogen-bond donors (Lipinski definition) is 2. The molecule has 0 aliphatic carbocycles. The number of nitrogens with one attached hydrogen (secondary N) is 2. The van der Waals surface area contributed by atoms with Crippen LogP contribution in [-0.4, -0.2) is 22.1 Å². The predicted octanol–water partition coefficient (Wildman–Crippen LogP) is 3.26. The molecule has 2 N–H and O–H groups in total. The Morgan fingerprint density at radius 3 is 2.52 bits per heavy atom. The van der Waals surface area contributed by atoms with E-state index in [-0.39, 0.29) is 23.8 Å². The maximum absolute atomic E-state index is 12.4. The third-order valence-corrected chi connectivity index (χ3v) is 3.89. The number of benzene rings is 2. The molecule has 1 amide bonds. The Morgan fingerprint density at radius 2 is 1.89 bits per heavy atom. The van der Waals surface area contributed by atoms with E-state index in [1.165, 1.54) is 16.7 Å². The number of amides is 1. The van der Waals surface area contributed by atoms with Crippen LogP contribution in [0, 0.1) is 6.92 Å². The molecule has 1 aromatic heterocycles. The van der Waals surface area contributed by atoms with Gasteiger partial charge >= 0.3 is 12.3 Å². The third kappa shape index (κ3) is 4.41. The van der Waals surface area contributed by atoms with Gasteiger partial charge in [0.05, 0.1) is 17.8 Å². The Hall–Kier alpha value is -3.42. The molecule has 0 aliphatic rings. The second-order valence-corrected chi connectivity index (χ2v) is 5.84. The molecule has 0 unspecified atom stereocenters. The number of ether oxygens (including phenoxy) is 1. The van der Waals surface area contributed by atoms with Gasteiger partial charge in [-0.3, -0.25) is 9.36 Å². The van der Waals surface area contributed by atoms with E-state index in [0.717, 1.165) is 0 Å². The van der Waals surface area contributed by atoms with Crippen molar-refractivity contribution in [3.63, 3.8) is 0 Å². The Bertz CT molecular complexity index is 994. The van der Waals surface area contributed by atoms with Crippen molar-refractivity contribution < 1.29 is 18.3 Å². The van der Waals surface area contributed by atoms with Gasteiger partial charge in [0.2, 0.25) is 5.91 Å². The molecular weight excluding hydrogens is 356 g/mol. The topological polar surface area (TPSA) is 76.1 Å². The van der Waals surface area contributed by atoms with Crippen LogP contribution in [0.3, 0.4) is 0 Å². The summed E-state index contributed by atoms with van der Waals surface area (Å²) < 4.78 is 30.1. The van der Waals surface area contributed by atoms with Crippen LogP contribution in [0.2, 0.25) is 0 Å². The Kier molecular flexibility index (Phi) is 5.35. The predicted molar refractivity (Wildman–Crippen MR) is 96.5 cm³/mol. The minimum Gasteiger partial charge on any atom is -0.435 e. The van der Waals surface area contributed by atoms with Crippen molar-refractivity contribution in [3.05, 3.63) is 76.5 Å². The van der Waals surface area contributed by atoms with E-state index in [0.29, 0.717) is 22.6 Å². The van der Waals surface area contributed by atoms with Crippen molar-refractivity contribution in [1.82, 2.24) is 9.55 Å². The summed E-state index contributed by atoms with van der Waals surface area (Å²) in [5.41, 5.74) is 2.09. The number of imidazole rings is 1. The number of anilines is 1. The van der Waals surface area contributed by atoms with Crippen molar-refractivity contribution in [2.45, 2.75) is 20.0 Å². The van der Waals surface area contributed by atoms with Crippen LogP contribution < -0.4 is 15.7 Å². The van der Waals surface area contributed by atoms with Crippen molar-refractivity contribution in [2.75, 3.05) is 5.32 Å². The van der Waals surface area contributed by atoms with Gasteiger partial charge in [0.1, 0.15) is 5.75 Å². The highest BCUT2D eigenvalue weighted by Crippen LogP contribution is 2.21. The zero-order valence-electron chi connectivity index (χ0n) is 14.4. The number of alkyl halides is 2. The first-order valence-corrected chi connectivity index (χ1v) is 8.14. The fraction of sp³-hybridized carbons (Fsp3) is 0.158. The minimum absolute atomic E-state index is 0.0295. The normalized spacial score (nSPS) is 10.8. The highest BCUT2D eigenvalue weighted by Gasteiger charge is 2.12. The monoisotopic (exact) mass is 373 g/mol. The summed E-state index contributed by atoms with van der Waals surface area (Å²) in [6, 6.07) is 12.8. The molecule has 140 valence electrons. The van der Waals surface area contributed by atoms with Crippen LogP contribution in [-0.2, 0) is 11.2 Å². The van der Waals surface area contributed by atoms with E-state index in [2.05, 4.69) is 15.0 Å². The second kappa shape index (κ2) is 7.86. The number of halogens is 2. The van der Waals surface area contributed by atoms with Crippen LogP contribution in [0.4, 0.5) is 14.5 Å².